The van der Waals surface area contributed by atoms with Gasteiger partial charge in [-0.25, -0.2) is 0 Å². The molecular weight excluding hydrogens is 312 g/mol. The fourth-order valence-electron chi connectivity index (χ4n) is 1.92. The Balaban J connectivity index is 2.70. The standard InChI is InChI=1S/C15H20BrClO/c1-3-5-6-11-15-13(17)9-7-8-10-14(18-15)12(16)4-2/h1,5-6,8,10,12-15H,4,7,9,11H2,2H3. The van der Waals surface area contributed by atoms with Crippen molar-refractivity contribution in [3.63, 3.8) is 0 Å². The number of halogens is 2. The van der Waals surface area contributed by atoms with E-state index in [2.05, 4.69) is 40.9 Å². The minimum Gasteiger partial charge on any atom is -0.368 e. The molecule has 0 aromatic carbocycles. The predicted molar refractivity (Wildman–Crippen MR) is 82.3 cm³/mol. The highest BCUT2D eigenvalue weighted by Gasteiger charge is 2.26. The summed E-state index contributed by atoms with van der Waals surface area (Å²) in [5.74, 6) is 2.49. The maximum atomic E-state index is 6.39. The van der Waals surface area contributed by atoms with Crippen LogP contribution in [0.1, 0.15) is 32.6 Å². The molecule has 100 valence electrons. The average Bonchev–Trinajstić information content (AvgIpc) is 2.37. The molecule has 0 radical (unpaired) electrons. The smallest absolute Gasteiger partial charge is 0.0885 e. The highest BCUT2D eigenvalue weighted by Crippen LogP contribution is 2.25. The van der Waals surface area contributed by atoms with Crippen molar-refractivity contribution in [2.75, 3.05) is 0 Å². The van der Waals surface area contributed by atoms with Gasteiger partial charge in [0.05, 0.1) is 17.6 Å². The topological polar surface area (TPSA) is 9.23 Å². The molecule has 0 saturated carbocycles. The summed E-state index contributed by atoms with van der Waals surface area (Å²) < 4.78 is 6.12. The van der Waals surface area contributed by atoms with Crippen LogP contribution in [0.2, 0.25) is 0 Å². The number of rotatable bonds is 4. The molecule has 0 aliphatic carbocycles. The Labute approximate surface area is 124 Å². The van der Waals surface area contributed by atoms with Crippen LogP contribution in [-0.4, -0.2) is 22.4 Å². The predicted octanol–water partition coefficient (Wildman–Crippen LogP) is 4.45. The third kappa shape index (κ3) is 5.18. The molecule has 4 unspecified atom stereocenters. The molecule has 1 nitrogen and oxygen atoms in total. The molecule has 3 heteroatoms. The third-order valence-electron chi connectivity index (χ3n) is 3.00. The first-order chi connectivity index (χ1) is 8.69. The van der Waals surface area contributed by atoms with Gasteiger partial charge in [0.2, 0.25) is 0 Å². The molecule has 0 saturated heterocycles. The lowest BCUT2D eigenvalue weighted by molar-refractivity contribution is 0.00940. The molecule has 18 heavy (non-hydrogen) atoms. The molecule has 0 amide bonds. The molecule has 0 N–H and O–H groups in total. The van der Waals surface area contributed by atoms with E-state index >= 15 is 0 Å². The summed E-state index contributed by atoms with van der Waals surface area (Å²) >= 11 is 10.1. The number of ether oxygens (including phenoxy) is 1. The van der Waals surface area contributed by atoms with Crippen LogP contribution in [0.15, 0.2) is 24.3 Å². The Morgan fingerprint density at radius 2 is 2.44 bits per heavy atom. The van der Waals surface area contributed by atoms with Crippen molar-refractivity contribution in [2.45, 2.75) is 55.0 Å². The molecule has 0 spiro atoms. The van der Waals surface area contributed by atoms with Crippen LogP contribution in [0.3, 0.4) is 0 Å². The minimum absolute atomic E-state index is 0.0258. The lowest BCUT2D eigenvalue weighted by Crippen LogP contribution is -2.34. The number of terminal acetylenes is 1. The largest absolute Gasteiger partial charge is 0.368 e. The summed E-state index contributed by atoms with van der Waals surface area (Å²) in [6, 6.07) is 0. The zero-order valence-corrected chi connectivity index (χ0v) is 13.0. The quantitative estimate of drug-likeness (QED) is 0.420. The van der Waals surface area contributed by atoms with Crippen LogP contribution in [0.25, 0.3) is 0 Å². The molecule has 0 aromatic heterocycles. The van der Waals surface area contributed by atoms with Gasteiger partial charge < -0.3 is 4.74 Å². The first kappa shape index (κ1) is 15.8. The van der Waals surface area contributed by atoms with E-state index in [4.69, 9.17) is 22.8 Å². The Kier molecular flexibility index (Phi) is 7.74. The van der Waals surface area contributed by atoms with Crippen LogP contribution < -0.4 is 0 Å². The van der Waals surface area contributed by atoms with Crippen molar-refractivity contribution in [2.24, 2.45) is 0 Å². The molecule has 0 bridgehead atoms. The summed E-state index contributed by atoms with van der Waals surface area (Å²) in [6.07, 6.45) is 17.0. The fourth-order valence-corrected chi connectivity index (χ4v) is 2.50. The zero-order chi connectivity index (χ0) is 13.4. The maximum Gasteiger partial charge on any atom is 0.0885 e. The lowest BCUT2D eigenvalue weighted by atomic mass is 10.0. The number of allylic oxidation sites excluding steroid dienone is 2. The second-order valence-corrected chi connectivity index (χ2v) is 6.13. The van der Waals surface area contributed by atoms with Crippen molar-refractivity contribution in [3.8, 4) is 12.3 Å². The van der Waals surface area contributed by atoms with Crippen molar-refractivity contribution >= 4 is 27.5 Å². The first-order valence-corrected chi connectivity index (χ1v) is 7.75. The Morgan fingerprint density at radius 3 is 3.11 bits per heavy atom. The van der Waals surface area contributed by atoms with E-state index in [0.717, 1.165) is 25.7 Å². The number of hydrogen-bond donors (Lipinski definition) is 0. The number of alkyl halides is 2. The van der Waals surface area contributed by atoms with Gasteiger partial charge in [-0.05, 0) is 31.8 Å². The maximum absolute atomic E-state index is 6.39. The molecular formula is C15H20BrClO. The van der Waals surface area contributed by atoms with Crippen LogP contribution in [0.4, 0.5) is 0 Å². The minimum atomic E-state index is 0.0258. The van der Waals surface area contributed by atoms with Gasteiger partial charge in [-0.1, -0.05) is 47.0 Å². The molecule has 4 atom stereocenters. The fraction of sp³-hybridized carbons (Fsp3) is 0.600. The molecule has 0 aromatic rings. The van der Waals surface area contributed by atoms with Crippen molar-refractivity contribution in [1.29, 1.82) is 0 Å². The van der Waals surface area contributed by atoms with Gasteiger partial charge in [-0.2, -0.15) is 0 Å². The van der Waals surface area contributed by atoms with Crippen LogP contribution in [-0.2, 0) is 4.74 Å². The van der Waals surface area contributed by atoms with Gasteiger partial charge in [-0.3, -0.25) is 0 Å². The normalized spacial score (nSPS) is 30.7. The van der Waals surface area contributed by atoms with E-state index in [-0.39, 0.29) is 17.6 Å². The Bertz CT molecular complexity index is 332. The van der Waals surface area contributed by atoms with Gasteiger partial charge in [0, 0.05) is 4.83 Å². The third-order valence-corrected chi connectivity index (χ3v) is 4.67. The van der Waals surface area contributed by atoms with Gasteiger partial charge in [0.1, 0.15) is 0 Å². The highest BCUT2D eigenvalue weighted by atomic mass is 79.9. The van der Waals surface area contributed by atoms with E-state index in [1.54, 1.807) is 6.08 Å². The van der Waals surface area contributed by atoms with Gasteiger partial charge >= 0.3 is 0 Å². The van der Waals surface area contributed by atoms with Crippen LogP contribution in [0.5, 0.6) is 0 Å². The highest BCUT2D eigenvalue weighted by molar-refractivity contribution is 9.09. The zero-order valence-electron chi connectivity index (χ0n) is 10.7. The summed E-state index contributed by atoms with van der Waals surface area (Å²) in [5, 5.41) is 0.0384. The Morgan fingerprint density at radius 1 is 1.67 bits per heavy atom. The molecule has 1 rings (SSSR count). The van der Waals surface area contributed by atoms with Crippen molar-refractivity contribution < 1.29 is 4.74 Å². The van der Waals surface area contributed by atoms with E-state index in [0.29, 0.717) is 4.83 Å². The van der Waals surface area contributed by atoms with Gasteiger partial charge in [0.15, 0.2) is 0 Å². The van der Waals surface area contributed by atoms with E-state index in [9.17, 15) is 0 Å². The van der Waals surface area contributed by atoms with Crippen molar-refractivity contribution in [3.05, 3.63) is 24.3 Å². The molecule has 0 fully saturated rings. The monoisotopic (exact) mass is 330 g/mol. The van der Waals surface area contributed by atoms with E-state index in [1.165, 1.54) is 0 Å². The summed E-state index contributed by atoms with van der Waals surface area (Å²) in [7, 11) is 0. The summed E-state index contributed by atoms with van der Waals surface area (Å²) in [6.45, 7) is 2.14. The van der Waals surface area contributed by atoms with Gasteiger partial charge in [-0.15, -0.1) is 18.0 Å². The molecule has 1 heterocycles. The van der Waals surface area contributed by atoms with Crippen LogP contribution in [0, 0.1) is 12.3 Å². The second-order valence-electron chi connectivity index (χ2n) is 4.39. The Hall–Kier alpha value is -0.230. The first-order valence-electron chi connectivity index (χ1n) is 6.40. The molecule has 1 aliphatic heterocycles. The number of hydrogen-bond acceptors (Lipinski definition) is 1. The summed E-state index contributed by atoms with van der Waals surface area (Å²) in [4.78, 5) is 0.329. The average molecular weight is 332 g/mol. The second kappa shape index (κ2) is 8.80. The van der Waals surface area contributed by atoms with E-state index in [1.807, 2.05) is 6.08 Å². The van der Waals surface area contributed by atoms with E-state index < -0.39 is 0 Å². The van der Waals surface area contributed by atoms with Crippen LogP contribution >= 0.6 is 27.5 Å². The molecule has 1 aliphatic rings. The summed E-state index contributed by atoms with van der Waals surface area (Å²) in [5.41, 5.74) is 0. The SMILES string of the molecule is C#CC=CCC1OC(C(Br)CC)C=CCCC1Cl. The lowest BCUT2D eigenvalue weighted by Gasteiger charge is -2.29. The van der Waals surface area contributed by atoms with Gasteiger partial charge in [0.25, 0.3) is 0 Å². The van der Waals surface area contributed by atoms with Crippen molar-refractivity contribution in [1.82, 2.24) is 0 Å².